The summed E-state index contributed by atoms with van der Waals surface area (Å²) < 4.78 is 28.8. The molecule has 0 radical (unpaired) electrons. The third-order valence-electron chi connectivity index (χ3n) is 4.07. The molecule has 2 aromatic rings. The summed E-state index contributed by atoms with van der Waals surface area (Å²) in [7, 11) is -3.68. The van der Waals surface area contributed by atoms with E-state index < -0.39 is 10.0 Å². The van der Waals surface area contributed by atoms with E-state index in [9.17, 15) is 13.2 Å². The Labute approximate surface area is 149 Å². The van der Waals surface area contributed by atoms with Crippen LogP contribution < -0.4 is 9.62 Å². The number of hydrogen-bond acceptors (Lipinski definition) is 3. The molecule has 0 fully saturated rings. The third-order valence-corrected chi connectivity index (χ3v) is 5.93. The Morgan fingerprint density at radius 3 is 2.62 bits per heavy atom. The van der Waals surface area contributed by atoms with Crippen LogP contribution in [-0.4, -0.2) is 20.9 Å². The van der Waals surface area contributed by atoms with Crippen LogP contribution >= 0.6 is 15.9 Å². The average Bonchev–Trinajstić information content (AvgIpc) is 2.93. The molecule has 1 aliphatic rings. The summed E-state index contributed by atoms with van der Waals surface area (Å²) in [5.74, 6) is -0.0343. The van der Waals surface area contributed by atoms with Gasteiger partial charge in [-0.2, -0.15) is 0 Å². The van der Waals surface area contributed by atoms with Crippen LogP contribution in [-0.2, 0) is 21.2 Å². The molecule has 1 heterocycles. The monoisotopic (exact) mass is 408 g/mol. The molecule has 0 aromatic heterocycles. The highest BCUT2D eigenvalue weighted by atomic mass is 79.9. The van der Waals surface area contributed by atoms with Gasteiger partial charge < -0.3 is 4.90 Å². The molecule has 5 nitrogen and oxygen atoms in total. The molecule has 0 saturated carbocycles. The number of carbonyl (C=O) groups is 1. The lowest BCUT2D eigenvalue weighted by Crippen LogP contribution is -2.25. The van der Waals surface area contributed by atoms with Crippen molar-refractivity contribution < 1.29 is 13.2 Å². The number of aryl methyl sites for hydroxylation is 1. The molecule has 0 atom stereocenters. The quantitative estimate of drug-likeness (QED) is 0.845. The van der Waals surface area contributed by atoms with Gasteiger partial charge in [0.2, 0.25) is 5.91 Å². The number of nitrogens with one attached hydrogen (secondary N) is 1. The lowest BCUT2D eigenvalue weighted by molar-refractivity contribution is -0.116. The molecule has 0 unspecified atom stereocenters. The molecule has 1 amide bonds. The Balaban J connectivity index is 1.92. The Hall–Kier alpha value is -1.86. The molecule has 1 N–H and O–H groups in total. The van der Waals surface area contributed by atoms with Crippen LogP contribution in [0.3, 0.4) is 0 Å². The van der Waals surface area contributed by atoms with Crippen molar-refractivity contribution in [3.8, 4) is 0 Å². The number of sulfonamides is 1. The topological polar surface area (TPSA) is 66.5 Å². The van der Waals surface area contributed by atoms with Gasteiger partial charge in [-0.05, 0) is 60.9 Å². The summed E-state index contributed by atoms with van der Waals surface area (Å²) in [4.78, 5) is 13.5. The van der Waals surface area contributed by atoms with Gasteiger partial charge in [-0.3, -0.25) is 9.52 Å². The van der Waals surface area contributed by atoms with Crippen LogP contribution in [0.2, 0.25) is 0 Å². The van der Waals surface area contributed by atoms with Crippen molar-refractivity contribution in [2.75, 3.05) is 16.2 Å². The minimum absolute atomic E-state index is 0.0343. The SMILES string of the molecule is CC(=O)N1CCc2cc(S(=O)(=O)Nc3ccc(Br)cc3C)ccc21. The van der Waals surface area contributed by atoms with Crippen LogP contribution in [0.15, 0.2) is 45.8 Å². The van der Waals surface area contributed by atoms with E-state index in [1.807, 2.05) is 13.0 Å². The first-order valence-corrected chi connectivity index (χ1v) is 9.75. The number of benzene rings is 2. The maximum absolute atomic E-state index is 12.7. The van der Waals surface area contributed by atoms with Gasteiger partial charge in [-0.25, -0.2) is 8.42 Å². The number of amides is 1. The lowest BCUT2D eigenvalue weighted by Gasteiger charge is -2.15. The highest BCUT2D eigenvalue weighted by Gasteiger charge is 2.25. The summed E-state index contributed by atoms with van der Waals surface area (Å²) in [5, 5.41) is 0. The van der Waals surface area contributed by atoms with Crippen LogP contribution in [0.4, 0.5) is 11.4 Å². The predicted octanol–water partition coefficient (Wildman–Crippen LogP) is 3.47. The summed E-state index contributed by atoms with van der Waals surface area (Å²) in [5.41, 5.74) is 3.04. The highest BCUT2D eigenvalue weighted by Crippen LogP contribution is 2.31. The average molecular weight is 409 g/mol. The first-order valence-electron chi connectivity index (χ1n) is 7.48. The molecular formula is C17H17BrN2O3S. The second-order valence-corrected chi connectivity index (χ2v) is 8.37. The van der Waals surface area contributed by atoms with Crippen molar-refractivity contribution in [3.63, 3.8) is 0 Å². The fourth-order valence-corrected chi connectivity index (χ4v) is 4.47. The Morgan fingerprint density at radius 1 is 1.21 bits per heavy atom. The van der Waals surface area contributed by atoms with E-state index in [4.69, 9.17) is 0 Å². The van der Waals surface area contributed by atoms with Crippen molar-refractivity contribution in [1.29, 1.82) is 0 Å². The number of nitrogens with zero attached hydrogens (tertiary/aromatic N) is 1. The van der Waals surface area contributed by atoms with Gasteiger partial charge in [-0.15, -0.1) is 0 Å². The molecule has 126 valence electrons. The maximum Gasteiger partial charge on any atom is 0.261 e. The Bertz CT molecular complexity index is 925. The van der Waals surface area contributed by atoms with E-state index in [1.165, 1.54) is 13.0 Å². The fourth-order valence-electron chi connectivity index (χ4n) is 2.82. The van der Waals surface area contributed by atoms with Gasteiger partial charge in [0.25, 0.3) is 10.0 Å². The first kappa shape index (κ1) is 17.0. The molecule has 24 heavy (non-hydrogen) atoms. The number of carbonyl (C=O) groups excluding carboxylic acids is 1. The van der Waals surface area contributed by atoms with E-state index >= 15 is 0 Å². The first-order chi connectivity index (χ1) is 11.3. The number of fused-ring (bicyclic) bond motifs is 1. The molecule has 7 heteroatoms. The van der Waals surface area contributed by atoms with E-state index in [-0.39, 0.29) is 10.8 Å². The molecule has 2 aromatic carbocycles. The summed E-state index contributed by atoms with van der Waals surface area (Å²) in [6.45, 7) is 3.95. The molecular weight excluding hydrogens is 392 g/mol. The van der Waals surface area contributed by atoms with Gasteiger partial charge in [0, 0.05) is 23.6 Å². The van der Waals surface area contributed by atoms with Crippen LogP contribution in [0, 0.1) is 6.92 Å². The smallest absolute Gasteiger partial charge is 0.261 e. The Morgan fingerprint density at radius 2 is 1.96 bits per heavy atom. The van der Waals surface area contributed by atoms with Crippen molar-refractivity contribution >= 4 is 43.2 Å². The van der Waals surface area contributed by atoms with Gasteiger partial charge in [-0.1, -0.05) is 15.9 Å². The lowest BCUT2D eigenvalue weighted by atomic mass is 10.2. The van der Waals surface area contributed by atoms with Crippen LogP contribution in [0.25, 0.3) is 0 Å². The normalized spacial score (nSPS) is 13.7. The van der Waals surface area contributed by atoms with E-state index in [0.717, 1.165) is 21.3 Å². The van der Waals surface area contributed by atoms with Crippen molar-refractivity contribution in [2.24, 2.45) is 0 Å². The molecule has 3 rings (SSSR count). The van der Waals surface area contributed by atoms with E-state index in [0.29, 0.717) is 18.7 Å². The van der Waals surface area contributed by atoms with Crippen molar-refractivity contribution in [2.45, 2.75) is 25.2 Å². The maximum atomic E-state index is 12.7. The zero-order chi connectivity index (χ0) is 17.5. The minimum Gasteiger partial charge on any atom is -0.312 e. The van der Waals surface area contributed by atoms with Gasteiger partial charge in [0.1, 0.15) is 0 Å². The summed E-state index contributed by atoms with van der Waals surface area (Å²) in [6.07, 6.45) is 0.662. The molecule has 0 saturated heterocycles. The van der Waals surface area contributed by atoms with E-state index in [1.54, 1.807) is 29.2 Å². The number of halogens is 1. The van der Waals surface area contributed by atoms with Crippen molar-refractivity contribution in [1.82, 2.24) is 0 Å². The van der Waals surface area contributed by atoms with Gasteiger partial charge in [0.05, 0.1) is 10.6 Å². The van der Waals surface area contributed by atoms with Crippen LogP contribution in [0.5, 0.6) is 0 Å². The summed E-state index contributed by atoms with van der Waals surface area (Å²) in [6, 6.07) is 10.3. The summed E-state index contributed by atoms with van der Waals surface area (Å²) >= 11 is 3.36. The largest absolute Gasteiger partial charge is 0.312 e. The number of rotatable bonds is 3. The van der Waals surface area contributed by atoms with Crippen LogP contribution in [0.1, 0.15) is 18.1 Å². The zero-order valence-corrected chi connectivity index (χ0v) is 15.7. The van der Waals surface area contributed by atoms with E-state index in [2.05, 4.69) is 20.7 Å². The minimum atomic E-state index is -3.68. The predicted molar refractivity (Wildman–Crippen MR) is 97.9 cm³/mol. The van der Waals surface area contributed by atoms with Crippen molar-refractivity contribution in [3.05, 3.63) is 52.0 Å². The molecule has 0 bridgehead atoms. The standard InChI is InChI=1S/C17H17BrN2O3S/c1-11-9-14(18)3-5-16(11)19-24(22,23)15-4-6-17-13(10-15)7-8-20(17)12(2)21/h3-6,9-10,19H,7-8H2,1-2H3. The fraction of sp³-hybridized carbons (Fsp3) is 0.235. The number of hydrogen-bond donors (Lipinski definition) is 1. The van der Waals surface area contributed by atoms with Gasteiger partial charge >= 0.3 is 0 Å². The van der Waals surface area contributed by atoms with Gasteiger partial charge in [0.15, 0.2) is 0 Å². The second kappa shape index (κ2) is 6.22. The zero-order valence-electron chi connectivity index (χ0n) is 13.3. The third kappa shape index (κ3) is 3.18. The Kier molecular flexibility index (Phi) is 4.40. The number of anilines is 2. The highest BCUT2D eigenvalue weighted by molar-refractivity contribution is 9.10. The molecule has 1 aliphatic heterocycles. The second-order valence-electron chi connectivity index (χ2n) is 5.78. The molecule has 0 spiro atoms. The molecule has 0 aliphatic carbocycles.